The summed E-state index contributed by atoms with van der Waals surface area (Å²) in [5.74, 6) is 1.67. The third-order valence-electron chi connectivity index (χ3n) is 1.66. The van der Waals surface area contributed by atoms with Crippen LogP contribution in [0.5, 0.6) is 0 Å². The monoisotopic (exact) mass is 229 g/mol. The van der Waals surface area contributed by atoms with Crippen LogP contribution in [0.25, 0.3) is 0 Å². The number of carboxylic acids is 1. The summed E-state index contributed by atoms with van der Waals surface area (Å²) in [6.45, 7) is 0.767. The Morgan fingerprint density at radius 2 is 2.13 bits per heavy atom. The first-order valence-corrected chi connectivity index (χ1v) is 5.75. The Hall–Kier alpha value is -0.940. The van der Waals surface area contributed by atoms with Gasteiger partial charge in [0.25, 0.3) is 0 Å². The molecule has 0 amide bonds. The average molecular weight is 229 g/mol. The average Bonchev–Trinajstić information content (AvgIpc) is 2.50. The highest BCUT2D eigenvalue weighted by Crippen LogP contribution is 2.15. The number of furan rings is 1. The molecule has 0 aliphatic rings. The lowest BCUT2D eigenvalue weighted by molar-refractivity contribution is -0.133. The van der Waals surface area contributed by atoms with Crippen LogP contribution in [0.1, 0.15) is 11.5 Å². The topological polar surface area (TPSA) is 53.7 Å². The molecule has 5 heteroatoms. The number of carbonyl (C=O) groups is 1. The summed E-state index contributed by atoms with van der Waals surface area (Å²) in [5, 5.41) is 8.46. The normalized spacial score (nSPS) is 10.9. The van der Waals surface area contributed by atoms with Gasteiger partial charge in [-0.1, -0.05) is 0 Å². The van der Waals surface area contributed by atoms with Gasteiger partial charge in [0.15, 0.2) is 0 Å². The third-order valence-corrected chi connectivity index (χ3v) is 2.60. The fourth-order valence-electron chi connectivity index (χ4n) is 1.14. The summed E-state index contributed by atoms with van der Waals surface area (Å²) in [6.07, 6.45) is 0. The van der Waals surface area contributed by atoms with E-state index in [0.29, 0.717) is 5.75 Å². The van der Waals surface area contributed by atoms with Gasteiger partial charge in [0.05, 0.1) is 18.1 Å². The van der Waals surface area contributed by atoms with Crippen LogP contribution in [-0.4, -0.2) is 35.8 Å². The molecule has 15 heavy (non-hydrogen) atoms. The van der Waals surface area contributed by atoms with E-state index >= 15 is 0 Å². The molecule has 84 valence electrons. The molecular weight excluding hydrogens is 214 g/mol. The van der Waals surface area contributed by atoms with E-state index < -0.39 is 5.97 Å². The van der Waals surface area contributed by atoms with Crippen LogP contribution in [0.2, 0.25) is 0 Å². The van der Waals surface area contributed by atoms with Crippen LogP contribution in [0, 0.1) is 0 Å². The molecule has 1 heterocycles. The second-order valence-electron chi connectivity index (χ2n) is 3.49. The highest BCUT2D eigenvalue weighted by atomic mass is 32.2. The van der Waals surface area contributed by atoms with Crippen molar-refractivity contribution in [2.24, 2.45) is 0 Å². The van der Waals surface area contributed by atoms with E-state index in [1.54, 1.807) is 0 Å². The Kier molecular flexibility index (Phi) is 4.71. The Morgan fingerprint density at radius 3 is 2.73 bits per heavy atom. The lowest BCUT2D eigenvalue weighted by Crippen LogP contribution is -2.09. The van der Waals surface area contributed by atoms with Crippen LogP contribution >= 0.6 is 11.8 Å². The SMILES string of the molecule is CN(C)Cc1ccc(CSCC(=O)O)o1. The predicted octanol–water partition coefficient (Wildman–Crippen LogP) is 1.66. The predicted molar refractivity (Wildman–Crippen MR) is 59.9 cm³/mol. The number of rotatable bonds is 6. The van der Waals surface area contributed by atoms with Gasteiger partial charge in [0.2, 0.25) is 0 Å². The Morgan fingerprint density at radius 1 is 1.47 bits per heavy atom. The number of nitrogens with zero attached hydrogens (tertiary/aromatic N) is 1. The highest BCUT2D eigenvalue weighted by Gasteiger charge is 2.04. The van der Waals surface area contributed by atoms with Crippen molar-refractivity contribution in [2.75, 3.05) is 19.8 Å². The van der Waals surface area contributed by atoms with E-state index in [2.05, 4.69) is 0 Å². The zero-order valence-corrected chi connectivity index (χ0v) is 9.71. The number of hydrogen-bond donors (Lipinski definition) is 1. The number of aliphatic carboxylic acids is 1. The summed E-state index contributed by atoms with van der Waals surface area (Å²) in [7, 11) is 3.95. The summed E-state index contributed by atoms with van der Waals surface area (Å²) in [5.41, 5.74) is 0. The van der Waals surface area contributed by atoms with E-state index in [0.717, 1.165) is 18.1 Å². The largest absolute Gasteiger partial charge is 0.481 e. The first kappa shape index (κ1) is 12.1. The summed E-state index contributed by atoms with van der Waals surface area (Å²) in [4.78, 5) is 12.3. The Balaban J connectivity index is 2.36. The quantitative estimate of drug-likeness (QED) is 0.804. The molecule has 0 aliphatic heterocycles. The van der Waals surface area contributed by atoms with Crippen LogP contribution in [-0.2, 0) is 17.1 Å². The fourth-order valence-corrected chi connectivity index (χ4v) is 1.77. The first-order valence-electron chi connectivity index (χ1n) is 4.60. The molecule has 4 nitrogen and oxygen atoms in total. The maximum absolute atomic E-state index is 10.3. The Bertz CT molecular complexity index is 322. The van der Waals surface area contributed by atoms with Gasteiger partial charge in [-0.3, -0.25) is 4.79 Å². The summed E-state index contributed by atoms with van der Waals surface area (Å²) >= 11 is 1.34. The number of hydrogen-bond acceptors (Lipinski definition) is 4. The van der Waals surface area contributed by atoms with Gasteiger partial charge in [0, 0.05) is 0 Å². The maximum atomic E-state index is 10.3. The van der Waals surface area contributed by atoms with Crippen molar-refractivity contribution in [3.8, 4) is 0 Å². The molecule has 1 aromatic heterocycles. The molecule has 1 rings (SSSR count). The maximum Gasteiger partial charge on any atom is 0.313 e. The van der Waals surface area contributed by atoms with Crippen molar-refractivity contribution in [1.29, 1.82) is 0 Å². The van der Waals surface area contributed by atoms with E-state index in [1.807, 2.05) is 31.1 Å². The lowest BCUT2D eigenvalue weighted by atomic mass is 10.4. The number of thioether (sulfide) groups is 1. The smallest absolute Gasteiger partial charge is 0.313 e. The molecule has 0 aliphatic carbocycles. The minimum absolute atomic E-state index is 0.115. The fraction of sp³-hybridized carbons (Fsp3) is 0.500. The molecule has 0 saturated carbocycles. The minimum Gasteiger partial charge on any atom is -0.481 e. The zero-order valence-electron chi connectivity index (χ0n) is 8.90. The zero-order chi connectivity index (χ0) is 11.3. The molecule has 0 aromatic carbocycles. The molecule has 0 radical (unpaired) electrons. The first-order chi connectivity index (χ1) is 7.08. The Labute approximate surface area is 93.3 Å². The molecule has 0 unspecified atom stereocenters. The van der Waals surface area contributed by atoms with Gasteiger partial charge in [-0.05, 0) is 26.2 Å². The molecule has 1 N–H and O–H groups in total. The van der Waals surface area contributed by atoms with E-state index in [4.69, 9.17) is 9.52 Å². The third kappa shape index (κ3) is 4.90. The second-order valence-corrected chi connectivity index (χ2v) is 4.48. The number of carboxylic acid groups (broad SMARTS) is 1. The molecule has 0 atom stereocenters. The van der Waals surface area contributed by atoms with Crippen molar-refractivity contribution >= 4 is 17.7 Å². The van der Waals surface area contributed by atoms with Gasteiger partial charge in [-0.15, -0.1) is 11.8 Å². The van der Waals surface area contributed by atoms with Gasteiger partial charge in [-0.2, -0.15) is 0 Å². The van der Waals surface area contributed by atoms with Crippen molar-refractivity contribution in [2.45, 2.75) is 12.3 Å². The van der Waals surface area contributed by atoms with Crippen molar-refractivity contribution in [3.63, 3.8) is 0 Å². The second kappa shape index (κ2) is 5.82. The summed E-state index contributed by atoms with van der Waals surface area (Å²) < 4.78 is 5.52. The van der Waals surface area contributed by atoms with Gasteiger partial charge < -0.3 is 14.4 Å². The van der Waals surface area contributed by atoms with E-state index in [-0.39, 0.29) is 5.75 Å². The van der Waals surface area contributed by atoms with Crippen molar-refractivity contribution in [3.05, 3.63) is 23.7 Å². The van der Waals surface area contributed by atoms with Crippen LogP contribution < -0.4 is 0 Å². The highest BCUT2D eigenvalue weighted by molar-refractivity contribution is 7.99. The van der Waals surface area contributed by atoms with Crippen LogP contribution in [0.3, 0.4) is 0 Å². The molecular formula is C10H15NO3S. The molecule has 0 saturated heterocycles. The molecule has 0 fully saturated rings. The van der Waals surface area contributed by atoms with Gasteiger partial charge in [-0.25, -0.2) is 0 Å². The lowest BCUT2D eigenvalue weighted by Gasteiger charge is -2.05. The van der Waals surface area contributed by atoms with Crippen LogP contribution in [0.15, 0.2) is 16.5 Å². The standard InChI is InChI=1S/C10H15NO3S/c1-11(2)5-8-3-4-9(14-8)6-15-7-10(12)13/h3-4H,5-7H2,1-2H3,(H,12,13). The summed E-state index contributed by atoms with van der Waals surface area (Å²) in [6, 6.07) is 3.82. The van der Waals surface area contributed by atoms with E-state index in [1.165, 1.54) is 11.8 Å². The molecule has 0 bridgehead atoms. The van der Waals surface area contributed by atoms with Gasteiger partial charge in [0.1, 0.15) is 11.5 Å². The minimum atomic E-state index is -0.792. The van der Waals surface area contributed by atoms with Crippen molar-refractivity contribution < 1.29 is 14.3 Å². The molecule has 0 spiro atoms. The van der Waals surface area contributed by atoms with Crippen LogP contribution in [0.4, 0.5) is 0 Å². The van der Waals surface area contributed by atoms with E-state index in [9.17, 15) is 4.79 Å². The molecule has 1 aromatic rings. The van der Waals surface area contributed by atoms with Crippen molar-refractivity contribution in [1.82, 2.24) is 4.90 Å². The van der Waals surface area contributed by atoms with Gasteiger partial charge >= 0.3 is 5.97 Å².